The van der Waals surface area contributed by atoms with Crippen LogP contribution >= 0.6 is 11.3 Å². The number of benzene rings is 1. The zero-order chi connectivity index (χ0) is 22.6. The summed E-state index contributed by atoms with van der Waals surface area (Å²) in [4.78, 5) is 35.9. The van der Waals surface area contributed by atoms with Crippen LogP contribution in [-0.4, -0.2) is 44.0 Å². The Morgan fingerprint density at radius 1 is 1.00 bits per heavy atom. The molecule has 1 aliphatic heterocycles. The molecule has 1 aromatic carbocycles. The maximum Gasteiger partial charge on any atom is 0.253 e. The lowest BCUT2D eigenvalue weighted by molar-refractivity contribution is 0.0686. The fourth-order valence-corrected chi connectivity index (χ4v) is 5.44. The molecule has 0 atom stereocenters. The Morgan fingerprint density at radius 2 is 1.85 bits per heavy atom. The minimum atomic E-state index is 0.135. The van der Waals surface area contributed by atoms with E-state index in [1.54, 1.807) is 17.5 Å². The van der Waals surface area contributed by atoms with Crippen LogP contribution in [0.2, 0.25) is 0 Å². The zero-order valence-electron chi connectivity index (χ0n) is 18.7. The van der Waals surface area contributed by atoms with Crippen molar-refractivity contribution in [1.82, 2.24) is 19.3 Å². The van der Waals surface area contributed by atoms with Crippen LogP contribution in [0.15, 0.2) is 54.4 Å². The number of fused-ring (bicyclic) bond motifs is 2. The number of amides is 1. The normalized spacial score (nSPS) is 14.8. The smallest absolute Gasteiger partial charge is 0.253 e. The van der Waals surface area contributed by atoms with E-state index in [4.69, 9.17) is 0 Å². The van der Waals surface area contributed by atoms with Crippen LogP contribution in [-0.2, 0) is 0 Å². The second-order valence-corrected chi connectivity index (χ2v) is 9.79. The number of imidazole rings is 1. The van der Waals surface area contributed by atoms with Crippen LogP contribution in [0, 0.1) is 5.92 Å². The molecule has 4 aromatic rings. The first-order valence-electron chi connectivity index (χ1n) is 11.8. The summed E-state index contributed by atoms with van der Waals surface area (Å²) in [5.41, 5.74) is 5.16. The summed E-state index contributed by atoms with van der Waals surface area (Å²) in [5, 5.41) is 0. The molecule has 7 heteroatoms. The van der Waals surface area contributed by atoms with Crippen molar-refractivity contribution in [3.05, 3.63) is 65.6 Å². The van der Waals surface area contributed by atoms with Gasteiger partial charge in [0, 0.05) is 49.2 Å². The molecule has 3 aromatic heterocycles. The number of thiazole rings is 1. The van der Waals surface area contributed by atoms with Gasteiger partial charge in [-0.2, -0.15) is 0 Å². The zero-order valence-corrected chi connectivity index (χ0v) is 19.5. The maximum atomic E-state index is 12.9. The van der Waals surface area contributed by atoms with Gasteiger partial charge in [0.05, 0.1) is 15.7 Å². The van der Waals surface area contributed by atoms with Crippen molar-refractivity contribution < 1.29 is 9.59 Å². The summed E-state index contributed by atoms with van der Waals surface area (Å²) in [6.07, 6.45) is 12.5. The third-order valence-electron chi connectivity index (χ3n) is 6.71. The number of carbonyl (C=O) groups is 2. The standard InChI is InChI=1S/C26H28N4O2S/c31-23(21-7-9-25-27-12-15-30(25)17-21)5-3-1-2-4-19-10-13-29(14-11-19)26(32)20-6-8-22-24(16-20)33-18-28-22/h6-9,12,15-19H,1-5,10-11,13-14H2. The van der Waals surface area contributed by atoms with Crippen molar-refractivity contribution >= 4 is 38.9 Å². The lowest BCUT2D eigenvalue weighted by atomic mass is 9.90. The highest BCUT2D eigenvalue weighted by Crippen LogP contribution is 2.26. The minimum absolute atomic E-state index is 0.135. The van der Waals surface area contributed by atoms with E-state index in [1.165, 1.54) is 6.42 Å². The number of likely N-dealkylation sites (tertiary alicyclic amines) is 1. The van der Waals surface area contributed by atoms with Gasteiger partial charge >= 0.3 is 0 Å². The summed E-state index contributed by atoms with van der Waals surface area (Å²) < 4.78 is 2.96. The van der Waals surface area contributed by atoms with E-state index in [-0.39, 0.29) is 11.7 Å². The van der Waals surface area contributed by atoms with Crippen LogP contribution in [0.5, 0.6) is 0 Å². The van der Waals surface area contributed by atoms with Crippen LogP contribution in [0.4, 0.5) is 0 Å². The summed E-state index contributed by atoms with van der Waals surface area (Å²) in [6.45, 7) is 1.67. The van der Waals surface area contributed by atoms with Gasteiger partial charge in [0.25, 0.3) is 5.91 Å². The van der Waals surface area contributed by atoms with Gasteiger partial charge in [0.2, 0.25) is 0 Å². The number of pyridine rings is 1. The Kier molecular flexibility index (Phi) is 6.48. The fraction of sp³-hybridized carbons (Fsp3) is 0.385. The maximum absolute atomic E-state index is 12.9. The van der Waals surface area contributed by atoms with Crippen molar-refractivity contribution in [1.29, 1.82) is 0 Å². The number of hydrogen-bond donors (Lipinski definition) is 0. The van der Waals surface area contributed by atoms with Gasteiger partial charge in [-0.3, -0.25) is 9.59 Å². The molecule has 1 amide bonds. The average molecular weight is 461 g/mol. The van der Waals surface area contributed by atoms with Gasteiger partial charge in [-0.05, 0) is 55.5 Å². The monoisotopic (exact) mass is 460 g/mol. The van der Waals surface area contributed by atoms with Gasteiger partial charge in [-0.25, -0.2) is 9.97 Å². The number of rotatable bonds is 8. The van der Waals surface area contributed by atoms with Gasteiger partial charge in [-0.15, -0.1) is 11.3 Å². The van der Waals surface area contributed by atoms with Crippen LogP contribution < -0.4 is 0 Å². The summed E-state index contributed by atoms with van der Waals surface area (Å²) in [7, 11) is 0. The summed E-state index contributed by atoms with van der Waals surface area (Å²) in [5.74, 6) is 1.02. The molecule has 5 rings (SSSR count). The van der Waals surface area contributed by atoms with Crippen LogP contribution in [0.25, 0.3) is 15.9 Å². The molecule has 1 saturated heterocycles. The number of nitrogens with zero attached hydrogens (tertiary/aromatic N) is 4. The van der Waals surface area contributed by atoms with E-state index in [0.717, 1.165) is 72.2 Å². The van der Waals surface area contributed by atoms with Gasteiger partial charge in [0.15, 0.2) is 5.78 Å². The number of carbonyl (C=O) groups excluding carboxylic acids is 2. The molecule has 1 fully saturated rings. The lowest BCUT2D eigenvalue weighted by Gasteiger charge is -2.32. The Balaban J connectivity index is 1.01. The Morgan fingerprint density at radius 3 is 2.73 bits per heavy atom. The highest BCUT2D eigenvalue weighted by atomic mass is 32.1. The molecule has 0 aliphatic carbocycles. The minimum Gasteiger partial charge on any atom is -0.339 e. The number of aromatic nitrogens is 3. The molecule has 6 nitrogen and oxygen atoms in total. The van der Waals surface area contributed by atoms with Crippen LogP contribution in [0.1, 0.15) is 65.7 Å². The third kappa shape index (κ3) is 4.98. The van der Waals surface area contributed by atoms with E-state index in [0.29, 0.717) is 12.3 Å². The molecule has 0 radical (unpaired) electrons. The first-order chi connectivity index (χ1) is 16.2. The van der Waals surface area contributed by atoms with E-state index < -0.39 is 0 Å². The number of unbranched alkanes of at least 4 members (excludes halogenated alkanes) is 2. The predicted octanol–water partition coefficient (Wildman–Crippen LogP) is 5.63. The molecular weight excluding hydrogens is 432 g/mol. The fourth-order valence-electron chi connectivity index (χ4n) is 4.72. The first-order valence-corrected chi connectivity index (χ1v) is 12.6. The van der Waals surface area contributed by atoms with E-state index in [2.05, 4.69) is 9.97 Å². The SMILES string of the molecule is O=C(CCCCCC1CCN(C(=O)c2ccc3ncsc3c2)CC1)c1ccc2nccn2c1. The van der Waals surface area contributed by atoms with E-state index in [1.807, 2.05) is 57.5 Å². The first kappa shape index (κ1) is 21.8. The molecule has 0 N–H and O–H groups in total. The highest BCUT2D eigenvalue weighted by Gasteiger charge is 2.23. The van der Waals surface area contributed by atoms with Crippen molar-refractivity contribution in [2.24, 2.45) is 5.92 Å². The topological polar surface area (TPSA) is 67.6 Å². The Labute approximate surface area is 197 Å². The molecule has 170 valence electrons. The van der Waals surface area contributed by atoms with Crippen LogP contribution in [0.3, 0.4) is 0 Å². The van der Waals surface area contributed by atoms with Crippen molar-refractivity contribution in [3.8, 4) is 0 Å². The molecule has 0 saturated carbocycles. The second-order valence-electron chi connectivity index (χ2n) is 8.90. The number of Topliss-reactive ketones (excluding diaryl/α,β-unsaturated/α-hetero) is 1. The van der Waals surface area contributed by atoms with E-state index in [9.17, 15) is 9.59 Å². The number of ketones is 1. The molecule has 1 aliphatic rings. The molecule has 4 heterocycles. The number of hydrogen-bond acceptors (Lipinski definition) is 5. The molecular formula is C26H28N4O2S. The number of piperidine rings is 1. The summed E-state index contributed by atoms with van der Waals surface area (Å²) >= 11 is 1.57. The Hall–Kier alpha value is -3.06. The average Bonchev–Trinajstić information content (AvgIpc) is 3.52. The third-order valence-corrected chi connectivity index (χ3v) is 7.50. The quantitative estimate of drug-likeness (QED) is 0.252. The molecule has 33 heavy (non-hydrogen) atoms. The molecule has 0 spiro atoms. The highest BCUT2D eigenvalue weighted by molar-refractivity contribution is 7.16. The predicted molar refractivity (Wildman–Crippen MR) is 131 cm³/mol. The van der Waals surface area contributed by atoms with Gasteiger partial charge in [-0.1, -0.05) is 19.3 Å². The summed E-state index contributed by atoms with van der Waals surface area (Å²) in [6, 6.07) is 9.56. The van der Waals surface area contributed by atoms with Gasteiger partial charge < -0.3 is 9.30 Å². The van der Waals surface area contributed by atoms with Crippen molar-refractivity contribution in [3.63, 3.8) is 0 Å². The lowest BCUT2D eigenvalue weighted by Crippen LogP contribution is -2.38. The molecule has 0 unspecified atom stereocenters. The van der Waals surface area contributed by atoms with Crippen molar-refractivity contribution in [2.45, 2.75) is 44.9 Å². The molecule has 0 bridgehead atoms. The Bertz CT molecular complexity index is 1270. The second kappa shape index (κ2) is 9.83. The van der Waals surface area contributed by atoms with Gasteiger partial charge in [0.1, 0.15) is 5.65 Å². The van der Waals surface area contributed by atoms with E-state index >= 15 is 0 Å². The van der Waals surface area contributed by atoms with Crippen molar-refractivity contribution in [2.75, 3.05) is 13.1 Å². The largest absolute Gasteiger partial charge is 0.339 e.